The van der Waals surface area contributed by atoms with Gasteiger partial charge in [-0.05, 0) is 30.3 Å². The van der Waals surface area contributed by atoms with Gasteiger partial charge in [-0.3, -0.25) is 9.59 Å². The molecule has 0 bridgehead atoms. The predicted octanol–water partition coefficient (Wildman–Crippen LogP) is 2.24. The average molecular weight is 600 g/mol. The van der Waals surface area contributed by atoms with Crippen LogP contribution in [0.1, 0.15) is 24.2 Å². The number of carbonyl (C=O) groups is 3. The summed E-state index contributed by atoms with van der Waals surface area (Å²) in [6.07, 6.45) is 0. The van der Waals surface area contributed by atoms with Crippen molar-refractivity contribution < 1.29 is 23.5 Å². The van der Waals surface area contributed by atoms with E-state index >= 15 is 0 Å². The van der Waals surface area contributed by atoms with Crippen molar-refractivity contribution in [2.24, 2.45) is 0 Å². The third kappa shape index (κ3) is 6.38. The summed E-state index contributed by atoms with van der Waals surface area (Å²) in [4.78, 5) is 62.6. The summed E-state index contributed by atoms with van der Waals surface area (Å²) in [7, 11) is 0. The van der Waals surface area contributed by atoms with Crippen molar-refractivity contribution in [3.8, 4) is 11.4 Å². The van der Waals surface area contributed by atoms with Gasteiger partial charge in [0.25, 0.3) is 6.01 Å². The van der Waals surface area contributed by atoms with E-state index < -0.39 is 5.97 Å². The van der Waals surface area contributed by atoms with Crippen LogP contribution >= 0.6 is 0 Å². The minimum absolute atomic E-state index is 0.0496. The Morgan fingerprint density at radius 1 is 0.773 bits per heavy atom. The van der Waals surface area contributed by atoms with Crippen LogP contribution in [0.2, 0.25) is 0 Å². The number of piperazine rings is 2. The van der Waals surface area contributed by atoms with E-state index in [-0.39, 0.29) is 24.6 Å². The number of amides is 2. The van der Waals surface area contributed by atoms with Crippen LogP contribution in [-0.4, -0.2) is 107 Å². The van der Waals surface area contributed by atoms with Crippen LogP contribution in [0.4, 0.5) is 17.9 Å². The number of nitrogens with one attached hydrogen (secondary N) is 1. The Balaban J connectivity index is 1.22. The van der Waals surface area contributed by atoms with E-state index in [2.05, 4.69) is 20.1 Å². The average Bonchev–Trinajstić information content (AvgIpc) is 3.47. The lowest BCUT2D eigenvalue weighted by molar-refractivity contribution is -0.129. The van der Waals surface area contributed by atoms with Gasteiger partial charge in [-0.15, -0.1) is 0 Å². The molecule has 44 heavy (non-hydrogen) atoms. The molecule has 2 saturated heterocycles. The van der Waals surface area contributed by atoms with Crippen LogP contribution in [0.15, 0.2) is 52.9 Å². The van der Waals surface area contributed by atoms with Crippen molar-refractivity contribution in [2.45, 2.75) is 13.8 Å². The van der Waals surface area contributed by atoms with Gasteiger partial charge in [0.1, 0.15) is 5.52 Å². The van der Waals surface area contributed by atoms with Crippen LogP contribution in [-0.2, 0) is 14.3 Å². The Morgan fingerprint density at radius 3 is 1.93 bits per heavy atom. The van der Waals surface area contributed by atoms with Gasteiger partial charge in [-0.25, -0.2) is 4.79 Å². The van der Waals surface area contributed by atoms with Crippen LogP contribution in [0.5, 0.6) is 0 Å². The van der Waals surface area contributed by atoms with E-state index in [0.29, 0.717) is 92.3 Å². The Labute approximate surface area is 253 Å². The lowest BCUT2D eigenvalue weighted by atomic mass is 10.2. The topological polar surface area (TPSA) is 150 Å². The zero-order valence-electron chi connectivity index (χ0n) is 24.6. The van der Waals surface area contributed by atoms with Crippen LogP contribution in [0.25, 0.3) is 22.5 Å². The van der Waals surface area contributed by atoms with Crippen LogP contribution in [0.3, 0.4) is 0 Å². The maximum atomic E-state index is 12.2. The summed E-state index contributed by atoms with van der Waals surface area (Å²) in [6, 6.07) is 14.4. The number of rotatable bonds is 7. The van der Waals surface area contributed by atoms with Crippen molar-refractivity contribution in [1.82, 2.24) is 29.7 Å². The first kappa shape index (κ1) is 28.8. The van der Waals surface area contributed by atoms with E-state index in [1.165, 1.54) is 0 Å². The molecule has 14 heteroatoms. The van der Waals surface area contributed by atoms with Gasteiger partial charge in [0.05, 0.1) is 5.56 Å². The smallest absolute Gasteiger partial charge is 0.339 e. The Morgan fingerprint density at radius 2 is 1.36 bits per heavy atom. The van der Waals surface area contributed by atoms with Gasteiger partial charge >= 0.3 is 5.97 Å². The normalized spacial score (nSPS) is 15.4. The standard InChI is InChI=1S/C30H33N9O5/c1-20(40)36-10-14-38(15-11-36)28-33-26(34-29(35-28)39-16-12-37(13-17-39)21(2)41)23-8-9-24-25(18-23)44-30(32-24)31-19-43-27(42)22-6-4-3-5-7-22/h3-9,18H,10-17,19H2,1-2H3,(H,31,32). The second-order valence-electron chi connectivity index (χ2n) is 10.6. The minimum atomic E-state index is -0.455. The van der Waals surface area contributed by atoms with Gasteiger partial charge in [0.2, 0.25) is 23.7 Å². The maximum Gasteiger partial charge on any atom is 0.339 e. The largest absolute Gasteiger partial charge is 0.441 e. The summed E-state index contributed by atoms with van der Waals surface area (Å²) >= 11 is 0. The summed E-state index contributed by atoms with van der Waals surface area (Å²) in [5.74, 6) is 1.17. The van der Waals surface area contributed by atoms with E-state index in [9.17, 15) is 14.4 Å². The van der Waals surface area contributed by atoms with E-state index in [1.54, 1.807) is 38.1 Å². The zero-order chi connectivity index (χ0) is 30.6. The van der Waals surface area contributed by atoms with Gasteiger partial charge in [-0.1, -0.05) is 18.2 Å². The van der Waals surface area contributed by atoms with Gasteiger partial charge in [0, 0.05) is 71.8 Å². The number of aromatic nitrogens is 4. The Kier molecular flexibility index (Phi) is 8.21. The molecule has 14 nitrogen and oxygen atoms in total. The molecule has 0 unspecified atom stereocenters. The molecule has 0 saturated carbocycles. The zero-order valence-corrected chi connectivity index (χ0v) is 24.6. The van der Waals surface area contributed by atoms with Crippen molar-refractivity contribution in [2.75, 3.05) is 74.2 Å². The van der Waals surface area contributed by atoms with E-state index in [0.717, 1.165) is 0 Å². The molecule has 2 fully saturated rings. The molecule has 2 aliphatic heterocycles. The molecule has 4 aromatic rings. The summed E-state index contributed by atoms with van der Waals surface area (Å²) < 4.78 is 11.2. The summed E-state index contributed by atoms with van der Waals surface area (Å²) in [6.45, 7) is 7.80. The molecule has 0 radical (unpaired) electrons. The number of carbonyl (C=O) groups excluding carboxylic acids is 3. The number of hydrogen-bond acceptors (Lipinski definition) is 12. The number of fused-ring (bicyclic) bond motifs is 1. The number of benzene rings is 2. The fraction of sp³-hybridized carbons (Fsp3) is 0.367. The second-order valence-corrected chi connectivity index (χ2v) is 10.6. The number of esters is 1. The monoisotopic (exact) mass is 599 g/mol. The fourth-order valence-electron chi connectivity index (χ4n) is 5.17. The molecule has 0 spiro atoms. The number of hydrogen-bond donors (Lipinski definition) is 1. The quantitative estimate of drug-likeness (QED) is 0.245. The number of anilines is 3. The highest BCUT2D eigenvalue weighted by atomic mass is 16.5. The summed E-state index contributed by atoms with van der Waals surface area (Å²) in [5, 5.41) is 2.89. The highest BCUT2D eigenvalue weighted by molar-refractivity contribution is 5.89. The first-order valence-electron chi connectivity index (χ1n) is 14.5. The molecule has 0 atom stereocenters. The van der Waals surface area contributed by atoms with Gasteiger partial charge in [-0.2, -0.15) is 19.9 Å². The minimum Gasteiger partial charge on any atom is -0.441 e. The van der Waals surface area contributed by atoms with Crippen LogP contribution in [0, 0.1) is 0 Å². The molecule has 228 valence electrons. The van der Waals surface area contributed by atoms with Crippen molar-refractivity contribution in [3.05, 3.63) is 54.1 Å². The summed E-state index contributed by atoms with van der Waals surface area (Å²) in [5.41, 5.74) is 2.29. The molecular weight excluding hydrogens is 566 g/mol. The van der Waals surface area contributed by atoms with Crippen molar-refractivity contribution in [3.63, 3.8) is 0 Å². The number of nitrogens with zero attached hydrogens (tertiary/aromatic N) is 8. The second kappa shape index (κ2) is 12.5. The van der Waals surface area contributed by atoms with Crippen LogP contribution < -0.4 is 15.1 Å². The molecule has 2 aromatic heterocycles. The van der Waals surface area contributed by atoms with Crippen molar-refractivity contribution in [1.29, 1.82) is 0 Å². The molecule has 2 amide bonds. The third-order valence-corrected chi connectivity index (χ3v) is 7.71. The highest BCUT2D eigenvalue weighted by Crippen LogP contribution is 2.27. The predicted molar refractivity (Wildman–Crippen MR) is 162 cm³/mol. The third-order valence-electron chi connectivity index (χ3n) is 7.71. The van der Waals surface area contributed by atoms with E-state index in [1.807, 2.05) is 34.1 Å². The molecule has 6 rings (SSSR count). The SMILES string of the molecule is CC(=O)N1CCN(c2nc(-c3ccc4nc(NCOC(=O)c5ccccc5)oc4c3)nc(N3CCN(C(C)=O)CC3)n2)CC1. The van der Waals surface area contributed by atoms with Gasteiger partial charge in [0.15, 0.2) is 18.1 Å². The molecule has 0 aliphatic carbocycles. The maximum absolute atomic E-state index is 12.2. The first-order valence-corrected chi connectivity index (χ1v) is 14.5. The molecule has 2 aromatic carbocycles. The van der Waals surface area contributed by atoms with Crippen molar-refractivity contribution >= 4 is 46.8 Å². The Bertz CT molecular complexity index is 1610. The number of ether oxygens (including phenoxy) is 1. The van der Waals surface area contributed by atoms with E-state index in [4.69, 9.17) is 24.1 Å². The molecular formula is C30H33N9O5. The highest BCUT2D eigenvalue weighted by Gasteiger charge is 2.26. The molecule has 1 N–H and O–H groups in total. The first-order chi connectivity index (χ1) is 21.3. The molecule has 2 aliphatic rings. The lowest BCUT2D eigenvalue weighted by Crippen LogP contribution is -2.50. The molecule has 4 heterocycles. The number of oxazole rings is 1. The fourth-order valence-corrected chi connectivity index (χ4v) is 5.17. The lowest BCUT2D eigenvalue weighted by Gasteiger charge is -2.36. The Hall–Kier alpha value is -5.27. The van der Waals surface area contributed by atoms with Gasteiger partial charge < -0.3 is 34.1 Å².